The molecule has 0 fully saturated rings. The van der Waals surface area contributed by atoms with Crippen LogP contribution >= 0.6 is 38.5 Å². The molecule has 0 aliphatic heterocycles. The number of anilines is 1. The SMILES string of the molecule is Nc1nc(Br)n(-c2ncncc2I)n1. The van der Waals surface area contributed by atoms with E-state index in [1.54, 1.807) is 6.20 Å². The van der Waals surface area contributed by atoms with Crippen LogP contribution in [0.1, 0.15) is 0 Å². The number of nitrogens with zero attached hydrogens (tertiary/aromatic N) is 5. The summed E-state index contributed by atoms with van der Waals surface area (Å²) >= 11 is 5.35. The molecule has 0 aliphatic rings. The highest BCUT2D eigenvalue weighted by Gasteiger charge is 2.10. The lowest BCUT2D eigenvalue weighted by Gasteiger charge is -2.01. The van der Waals surface area contributed by atoms with Crippen LogP contribution in [-0.4, -0.2) is 24.7 Å². The molecule has 0 atom stereocenters. The summed E-state index contributed by atoms with van der Waals surface area (Å²) in [5, 5.41) is 3.98. The molecular formula is C6H4BrIN6. The Balaban J connectivity index is 2.60. The van der Waals surface area contributed by atoms with Gasteiger partial charge in [0.2, 0.25) is 10.7 Å². The van der Waals surface area contributed by atoms with E-state index in [1.165, 1.54) is 11.0 Å². The van der Waals surface area contributed by atoms with Gasteiger partial charge in [-0.25, -0.2) is 9.97 Å². The van der Waals surface area contributed by atoms with Crippen LogP contribution in [0.25, 0.3) is 5.82 Å². The minimum Gasteiger partial charge on any atom is -0.366 e. The first kappa shape index (κ1) is 9.77. The molecule has 14 heavy (non-hydrogen) atoms. The van der Waals surface area contributed by atoms with Gasteiger partial charge in [0.05, 0.1) is 3.57 Å². The topological polar surface area (TPSA) is 82.5 Å². The highest BCUT2D eigenvalue weighted by atomic mass is 127. The zero-order chi connectivity index (χ0) is 10.1. The van der Waals surface area contributed by atoms with Crippen LogP contribution in [0.2, 0.25) is 0 Å². The molecule has 0 radical (unpaired) electrons. The molecule has 2 heterocycles. The lowest BCUT2D eigenvalue weighted by Crippen LogP contribution is -2.03. The molecule has 0 unspecified atom stereocenters. The number of nitrogens with two attached hydrogens (primary N) is 1. The van der Waals surface area contributed by atoms with Gasteiger partial charge in [0.25, 0.3) is 0 Å². The maximum atomic E-state index is 5.45. The Morgan fingerprint density at radius 3 is 2.86 bits per heavy atom. The van der Waals surface area contributed by atoms with E-state index in [9.17, 15) is 0 Å². The van der Waals surface area contributed by atoms with E-state index in [0.29, 0.717) is 10.6 Å². The van der Waals surface area contributed by atoms with Gasteiger partial charge in [0.15, 0.2) is 5.82 Å². The third-order valence-electron chi connectivity index (χ3n) is 1.43. The molecule has 8 heteroatoms. The van der Waals surface area contributed by atoms with Crippen molar-refractivity contribution in [1.82, 2.24) is 24.7 Å². The van der Waals surface area contributed by atoms with Gasteiger partial charge < -0.3 is 5.73 Å². The molecule has 72 valence electrons. The first-order valence-corrected chi connectivity index (χ1v) is 5.39. The van der Waals surface area contributed by atoms with Gasteiger partial charge in [0.1, 0.15) is 6.33 Å². The Morgan fingerprint density at radius 1 is 1.50 bits per heavy atom. The van der Waals surface area contributed by atoms with Gasteiger partial charge in [0, 0.05) is 6.20 Å². The molecule has 0 amide bonds. The third-order valence-corrected chi connectivity index (χ3v) is 2.71. The van der Waals surface area contributed by atoms with Crippen molar-refractivity contribution in [2.24, 2.45) is 0 Å². The molecule has 0 aliphatic carbocycles. The Morgan fingerprint density at radius 2 is 2.29 bits per heavy atom. The maximum Gasteiger partial charge on any atom is 0.240 e. The minimum atomic E-state index is 0.200. The number of hydrogen-bond donors (Lipinski definition) is 1. The summed E-state index contributed by atoms with van der Waals surface area (Å²) in [5.41, 5.74) is 5.45. The van der Waals surface area contributed by atoms with Crippen molar-refractivity contribution in [2.45, 2.75) is 0 Å². The van der Waals surface area contributed by atoms with E-state index in [-0.39, 0.29) is 5.95 Å². The standard InChI is InChI=1S/C6H4BrIN6/c7-5-12-6(9)13-14(5)4-3(8)1-10-2-11-4/h1-2H,(H2,9,13). The summed E-state index contributed by atoms with van der Waals surface area (Å²) in [6.45, 7) is 0. The van der Waals surface area contributed by atoms with Gasteiger partial charge in [-0.1, -0.05) is 0 Å². The Kier molecular flexibility index (Phi) is 2.63. The summed E-state index contributed by atoms with van der Waals surface area (Å²) in [6, 6.07) is 0. The lowest BCUT2D eigenvalue weighted by molar-refractivity contribution is 0.814. The predicted octanol–water partition coefficient (Wildman–Crippen LogP) is 1.01. The van der Waals surface area contributed by atoms with Crippen LogP contribution in [0.3, 0.4) is 0 Å². The number of aromatic nitrogens is 5. The highest BCUT2D eigenvalue weighted by Crippen LogP contribution is 2.17. The molecule has 2 aromatic heterocycles. The normalized spacial score (nSPS) is 10.4. The van der Waals surface area contributed by atoms with E-state index in [4.69, 9.17) is 5.73 Å². The Hall–Kier alpha value is -0.770. The Bertz CT molecular complexity index is 469. The molecule has 0 saturated heterocycles. The van der Waals surface area contributed by atoms with Gasteiger partial charge in [-0.15, -0.1) is 5.10 Å². The smallest absolute Gasteiger partial charge is 0.240 e. The average molecular weight is 367 g/mol. The predicted molar refractivity (Wildman–Crippen MR) is 61.8 cm³/mol. The van der Waals surface area contributed by atoms with Gasteiger partial charge in [-0.3, -0.25) is 0 Å². The van der Waals surface area contributed by atoms with Crippen LogP contribution < -0.4 is 5.73 Å². The molecule has 6 nitrogen and oxygen atoms in total. The van der Waals surface area contributed by atoms with Crippen LogP contribution in [0.4, 0.5) is 5.95 Å². The minimum absolute atomic E-state index is 0.200. The van der Waals surface area contributed by atoms with Crippen LogP contribution in [0.15, 0.2) is 17.3 Å². The van der Waals surface area contributed by atoms with Gasteiger partial charge in [-0.2, -0.15) is 9.67 Å². The van der Waals surface area contributed by atoms with E-state index in [1.807, 2.05) is 0 Å². The maximum absolute atomic E-state index is 5.45. The summed E-state index contributed by atoms with van der Waals surface area (Å²) in [4.78, 5) is 11.9. The van der Waals surface area contributed by atoms with Crippen molar-refractivity contribution >= 4 is 44.5 Å². The van der Waals surface area contributed by atoms with Crippen LogP contribution in [-0.2, 0) is 0 Å². The molecule has 2 rings (SSSR count). The first-order valence-electron chi connectivity index (χ1n) is 3.52. The van der Waals surface area contributed by atoms with Gasteiger partial charge in [-0.05, 0) is 38.5 Å². The highest BCUT2D eigenvalue weighted by molar-refractivity contribution is 14.1. The van der Waals surface area contributed by atoms with Crippen molar-refractivity contribution in [3.8, 4) is 5.82 Å². The number of halogens is 2. The fourth-order valence-electron chi connectivity index (χ4n) is 0.905. The molecule has 0 aromatic carbocycles. The second kappa shape index (κ2) is 3.77. The number of nitrogen functional groups attached to an aromatic ring is 1. The summed E-state index contributed by atoms with van der Waals surface area (Å²) < 4.78 is 2.90. The molecular weight excluding hydrogens is 363 g/mol. The fourth-order valence-corrected chi connectivity index (χ4v) is 1.86. The molecule has 2 aromatic rings. The van der Waals surface area contributed by atoms with Crippen molar-refractivity contribution < 1.29 is 0 Å². The lowest BCUT2D eigenvalue weighted by atomic mass is 10.6. The van der Waals surface area contributed by atoms with Crippen molar-refractivity contribution in [3.63, 3.8) is 0 Å². The number of hydrogen-bond acceptors (Lipinski definition) is 5. The Labute approximate surface area is 101 Å². The zero-order valence-corrected chi connectivity index (χ0v) is 10.5. The largest absolute Gasteiger partial charge is 0.366 e. The van der Waals surface area contributed by atoms with E-state index in [0.717, 1.165) is 3.57 Å². The third kappa shape index (κ3) is 1.71. The molecule has 0 saturated carbocycles. The summed E-state index contributed by atoms with van der Waals surface area (Å²) in [7, 11) is 0. The van der Waals surface area contributed by atoms with Crippen molar-refractivity contribution in [3.05, 3.63) is 20.8 Å². The van der Waals surface area contributed by atoms with Crippen LogP contribution in [0.5, 0.6) is 0 Å². The fraction of sp³-hybridized carbons (Fsp3) is 0. The second-order valence-electron chi connectivity index (χ2n) is 2.35. The molecule has 0 spiro atoms. The van der Waals surface area contributed by atoms with Crippen LogP contribution in [0, 0.1) is 3.57 Å². The van der Waals surface area contributed by atoms with Gasteiger partial charge >= 0.3 is 0 Å². The van der Waals surface area contributed by atoms with Crippen molar-refractivity contribution in [2.75, 3.05) is 5.73 Å². The summed E-state index contributed by atoms with van der Waals surface area (Å²) in [6.07, 6.45) is 3.13. The molecule has 2 N–H and O–H groups in total. The van der Waals surface area contributed by atoms with E-state index < -0.39 is 0 Å². The molecule has 0 bridgehead atoms. The number of rotatable bonds is 1. The summed E-state index contributed by atoms with van der Waals surface area (Å²) in [5.74, 6) is 0.850. The first-order chi connectivity index (χ1) is 6.68. The van der Waals surface area contributed by atoms with E-state index >= 15 is 0 Å². The zero-order valence-electron chi connectivity index (χ0n) is 6.72. The monoisotopic (exact) mass is 366 g/mol. The quantitative estimate of drug-likeness (QED) is 0.761. The van der Waals surface area contributed by atoms with E-state index in [2.05, 4.69) is 58.6 Å². The van der Waals surface area contributed by atoms with Crippen molar-refractivity contribution in [1.29, 1.82) is 0 Å². The second-order valence-corrected chi connectivity index (χ2v) is 4.22. The average Bonchev–Trinajstić information content (AvgIpc) is 2.46.